The highest BCUT2D eigenvalue weighted by atomic mass is 127. The van der Waals surface area contributed by atoms with Crippen LogP contribution in [-0.2, 0) is 13.0 Å². The van der Waals surface area contributed by atoms with Crippen molar-refractivity contribution < 1.29 is 0 Å². The van der Waals surface area contributed by atoms with E-state index >= 15 is 0 Å². The third-order valence-electron chi connectivity index (χ3n) is 5.42. The number of rotatable bonds is 8. The average Bonchev–Trinajstić information content (AvgIpc) is 3.09. The fourth-order valence-corrected chi connectivity index (χ4v) is 4.40. The van der Waals surface area contributed by atoms with Gasteiger partial charge in [-0.3, -0.25) is 0 Å². The maximum atomic E-state index is 4.77. The number of nitrogens with one attached hydrogen (secondary N) is 2. The molecule has 7 nitrogen and oxygen atoms in total. The first-order chi connectivity index (χ1) is 14.6. The van der Waals surface area contributed by atoms with Gasteiger partial charge in [0.1, 0.15) is 5.82 Å². The highest BCUT2D eigenvalue weighted by Gasteiger charge is 2.16. The van der Waals surface area contributed by atoms with Crippen molar-refractivity contribution in [2.24, 2.45) is 4.99 Å². The first-order valence-corrected chi connectivity index (χ1v) is 11.8. The molecule has 0 amide bonds. The highest BCUT2D eigenvalue weighted by molar-refractivity contribution is 14.0. The molecule has 0 radical (unpaired) electrons. The van der Waals surface area contributed by atoms with E-state index in [0.29, 0.717) is 6.54 Å². The molecule has 3 heterocycles. The van der Waals surface area contributed by atoms with E-state index in [1.54, 1.807) is 11.3 Å². The molecule has 0 spiro atoms. The molecule has 3 rings (SSSR count). The maximum absolute atomic E-state index is 4.77. The molecule has 0 aromatic carbocycles. The number of aromatic nitrogens is 2. The van der Waals surface area contributed by atoms with Crippen molar-refractivity contribution >= 4 is 47.1 Å². The monoisotopic (exact) mass is 557 g/mol. The Kier molecular flexibility index (Phi) is 11.0. The Bertz CT molecular complexity index is 812. The molecule has 0 unspecified atom stereocenters. The molecule has 2 N–H and O–H groups in total. The molecular formula is C22H36IN7S. The molecule has 0 bridgehead atoms. The Balaban J connectivity index is 0.00000341. The lowest BCUT2D eigenvalue weighted by molar-refractivity contribution is 0.270. The lowest BCUT2D eigenvalue weighted by Crippen LogP contribution is -2.46. The third kappa shape index (κ3) is 7.87. The van der Waals surface area contributed by atoms with E-state index in [1.807, 2.05) is 6.20 Å². The van der Waals surface area contributed by atoms with Gasteiger partial charge in [0, 0.05) is 56.8 Å². The quantitative estimate of drug-likeness (QED) is 0.295. The van der Waals surface area contributed by atoms with Gasteiger partial charge in [0.15, 0.2) is 5.96 Å². The largest absolute Gasteiger partial charge is 0.357 e. The van der Waals surface area contributed by atoms with Gasteiger partial charge in [-0.15, -0.1) is 35.3 Å². The topological polar surface area (TPSA) is 68.7 Å². The van der Waals surface area contributed by atoms with Crippen LogP contribution in [0.2, 0.25) is 0 Å². The van der Waals surface area contributed by atoms with Crippen LogP contribution in [0.3, 0.4) is 0 Å². The van der Waals surface area contributed by atoms with Gasteiger partial charge < -0.3 is 20.4 Å². The molecule has 1 fully saturated rings. The van der Waals surface area contributed by atoms with Gasteiger partial charge in [0.2, 0.25) is 0 Å². The van der Waals surface area contributed by atoms with Crippen molar-refractivity contribution in [1.29, 1.82) is 0 Å². The van der Waals surface area contributed by atoms with Crippen LogP contribution in [0.4, 0.5) is 5.82 Å². The van der Waals surface area contributed by atoms with Gasteiger partial charge in [-0.25, -0.2) is 15.0 Å². The summed E-state index contributed by atoms with van der Waals surface area (Å²) < 4.78 is 0. The second-order valence-electron chi connectivity index (χ2n) is 7.56. The standard InChI is InChI=1S/C22H35N7S.HI/c1-5-23-22(25-10-8-21-27-17(3)18(4)30-21)26-16-19-7-9-24-20(15-19)29-13-11-28(6-2)12-14-29;/h7,9,15H,5-6,8,10-14,16H2,1-4H3,(H2,23,25,26);1H. The smallest absolute Gasteiger partial charge is 0.191 e. The van der Waals surface area contributed by atoms with Gasteiger partial charge in [-0.05, 0) is 45.0 Å². The summed E-state index contributed by atoms with van der Waals surface area (Å²) in [6, 6.07) is 4.23. The van der Waals surface area contributed by atoms with Crippen molar-refractivity contribution in [2.75, 3.05) is 50.7 Å². The van der Waals surface area contributed by atoms with E-state index < -0.39 is 0 Å². The maximum Gasteiger partial charge on any atom is 0.191 e. The number of anilines is 1. The van der Waals surface area contributed by atoms with E-state index in [1.165, 1.54) is 15.4 Å². The first-order valence-electron chi connectivity index (χ1n) is 11.0. The number of pyridine rings is 1. The summed E-state index contributed by atoms with van der Waals surface area (Å²) in [5.41, 5.74) is 2.32. The van der Waals surface area contributed by atoms with Crippen molar-refractivity contribution in [3.05, 3.63) is 39.5 Å². The third-order valence-corrected chi connectivity index (χ3v) is 6.55. The van der Waals surface area contributed by atoms with Crippen molar-refractivity contribution in [3.63, 3.8) is 0 Å². The summed E-state index contributed by atoms with van der Waals surface area (Å²) >= 11 is 1.78. The number of aryl methyl sites for hydroxylation is 2. The average molecular weight is 558 g/mol. The Labute approximate surface area is 207 Å². The van der Waals surface area contributed by atoms with Crippen molar-refractivity contribution in [3.8, 4) is 0 Å². The second kappa shape index (κ2) is 13.2. The second-order valence-corrected chi connectivity index (χ2v) is 8.85. The summed E-state index contributed by atoms with van der Waals surface area (Å²) in [5, 5.41) is 7.94. The van der Waals surface area contributed by atoms with Gasteiger partial charge in [0.25, 0.3) is 0 Å². The fraction of sp³-hybridized carbons (Fsp3) is 0.591. The van der Waals surface area contributed by atoms with Crippen LogP contribution < -0.4 is 15.5 Å². The first kappa shape index (κ1) is 25.8. The number of thiazole rings is 1. The van der Waals surface area contributed by atoms with Gasteiger partial charge in [0.05, 0.1) is 17.2 Å². The summed E-state index contributed by atoms with van der Waals surface area (Å²) in [5.74, 6) is 1.91. The van der Waals surface area contributed by atoms with E-state index in [0.717, 1.165) is 69.7 Å². The molecule has 1 aliphatic rings. The zero-order chi connectivity index (χ0) is 21.3. The number of aliphatic imine (C=N–C) groups is 1. The minimum absolute atomic E-state index is 0. The zero-order valence-corrected chi connectivity index (χ0v) is 22.3. The molecular weight excluding hydrogens is 521 g/mol. The van der Waals surface area contributed by atoms with Crippen LogP contribution in [0, 0.1) is 13.8 Å². The van der Waals surface area contributed by atoms with Crippen LogP contribution in [0.5, 0.6) is 0 Å². The molecule has 1 saturated heterocycles. The van der Waals surface area contributed by atoms with Crippen molar-refractivity contribution in [2.45, 2.75) is 40.7 Å². The Morgan fingerprint density at radius 3 is 2.58 bits per heavy atom. The van der Waals surface area contributed by atoms with Gasteiger partial charge >= 0.3 is 0 Å². The summed E-state index contributed by atoms with van der Waals surface area (Å²) in [4.78, 5) is 20.1. The van der Waals surface area contributed by atoms with Crippen LogP contribution in [-0.4, -0.2) is 66.6 Å². The number of halogens is 1. The van der Waals surface area contributed by atoms with Crippen molar-refractivity contribution in [1.82, 2.24) is 25.5 Å². The molecule has 2 aromatic rings. The highest BCUT2D eigenvalue weighted by Crippen LogP contribution is 2.17. The predicted molar refractivity (Wildman–Crippen MR) is 142 cm³/mol. The molecule has 0 atom stereocenters. The number of hydrogen-bond acceptors (Lipinski definition) is 6. The number of piperazine rings is 1. The molecule has 9 heteroatoms. The summed E-state index contributed by atoms with van der Waals surface area (Å²) in [6.45, 7) is 16.2. The zero-order valence-electron chi connectivity index (χ0n) is 19.1. The Morgan fingerprint density at radius 1 is 1.16 bits per heavy atom. The lowest BCUT2D eigenvalue weighted by atomic mass is 10.2. The molecule has 1 aliphatic heterocycles. The molecule has 0 aliphatic carbocycles. The van der Waals surface area contributed by atoms with Crippen LogP contribution >= 0.6 is 35.3 Å². The summed E-state index contributed by atoms with van der Waals surface area (Å²) in [7, 11) is 0. The SMILES string of the molecule is CCNC(=NCc1ccnc(N2CCN(CC)CC2)c1)NCCc1nc(C)c(C)s1.I. The van der Waals surface area contributed by atoms with Crippen LogP contribution in [0.15, 0.2) is 23.3 Å². The fourth-order valence-electron chi connectivity index (χ4n) is 3.47. The lowest BCUT2D eigenvalue weighted by Gasteiger charge is -2.34. The Morgan fingerprint density at radius 2 is 1.94 bits per heavy atom. The molecule has 172 valence electrons. The van der Waals surface area contributed by atoms with E-state index in [4.69, 9.17) is 4.99 Å². The molecule has 0 saturated carbocycles. The number of guanidine groups is 1. The van der Waals surface area contributed by atoms with Gasteiger partial charge in [-0.2, -0.15) is 0 Å². The van der Waals surface area contributed by atoms with Crippen LogP contribution in [0.1, 0.15) is 35.0 Å². The minimum Gasteiger partial charge on any atom is -0.357 e. The number of likely N-dealkylation sites (N-methyl/N-ethyl adjacent to an activating group) is 1. The number of nitrogens with zero attached hydrogens (tertiary/aromatic N) is 5. The van der Waals surface area contributed by atoms with E-state index in [2.05, 4.69) is 70.2 Å². The van der Waals surface area contributed by atoms with Gasteiger partial charge in [-0.1, -0.05) is 6.92 Å². The minimum atomic E-state index is 0. The normalized spacial score (nSPS) is 15.0. The Hall–Kier alpha value is -1.46. The number of hydrogen-bond donors (Lipinski definition) is 2. The summed E-state index contributed by atoms with van der Waals surface area (Å²) in [6.07, 6.45) is 2.81. The van der Waals surface area contributed by atoms with E-state index in [9.17, 15) is 0 Å². The predicted octanol–water partition coefficient (Wildman–Crippen LogP) is 3.21. The molecule has 31 heavy (non-hydrogen) atoms. The van der Waals surface area contributed by atoms with E-state index in [-0.39, 0.29) is 24.0 Å². The van der Waals surface area contributed by atoms with Crippen LogP contribution in [0.25, 0.3) is 0 Å². The molecule has 2 aromatic heterocycles.